The Labute approximate surface area is 124 Å². The standard InChI is InChI=1S/C13H20N2O4S/c1-8(2)10-7-19-13(20)15(10)9(3)6-11(16)14-4-5-18-12(14)17/h8-10H,4-7H2,1-3H3/t9?,10-/m1/s1. The molecule has 0 N–H and O–H groups in total. The van der Waals surface area contributed by atoms with Crippen LogP contribution in [0, 0.1) is 5.92 Å². The minimum atomic E-state index is -0.553. The minimum Gasteiger partial charge on any atom is -0.469 e. The average molecular weight is 300 g/mol. The van der Waals surface area contributed by atoms with Crippen molar-refractivity contribution >= 4 is 29.4 Å². The SMILES string of the molecule is CC(C)[C@H]1COC(=S)N1C(C)CC(=O)N1CCOC1=O. The van der Waals surface area contributed by atoms with Crippen molar-refractivity contribution in [2.75, 3.05) is 19.8 Å². The predicted octanol–water partition coefficient (Wildman–Crippen LogP) is 1.39. The summed E-state index contributed by atoms with van der Waals surface area (Å²) in [5, 5.41) is 0.438. The van der Waals surface area contributed by atoms with Crippen LogP contribution in [0.4, 0.5) is 4.79 Å². The molecule has 2 rings (SSSR count). The summed E-state index contributed by atoms with van der Waals surface area (Å²) < 4.78 is 10.2. The van der Waals surface area contributed by atoms with E-state index in [-0.39, 0.29) is 31.0 Å². The van der Waals surface area contributed by atoms with E-state index >= 15 is 0 Å². The lowest BCUT2D eigenvalue weighted by atomic mass is 10.0. The van der Waals surface area contributed by atoms with Crippen molar-refractivity contribution in [2.45, 2.75) is 39.3 Å². The summed E-state index contributed by atoms with van der Waals surface area (Å²) >= 11 is 5.21. The van der Waals surface area contributed by atoms with Crippen LogP contribution in [-0.2, 0) is 14.3 Å². The quantitative estimate of drug-likeness (QED) is 0.731. The Hall–Kier alpha value is -1.37. The topological polar surface area (TPSA) is 59.1 Å². The van der Waals surface area contributed by atoms with Crippen molar-refractivity contribution in [2.24, 2.45) is 5.92 Å². The zero-order valence-electron chi connectivity index (χ0n) is 12.0. The number of cyclic esters (lactones) is 1. The summed E-state index contributed by atoms with van der Waals surface area (Å²) in [6.07, 6.45) is -0.329. The van der Waals surface area contributed by atoms with Gasteiger partial charge >= 0.3 is 6.09 Å². The van der Waals surface area contributed by atoms with Gasteiger partial charge in [0.15, 0.2) is 0 Å². The number of hydrogen-bond acceptors (Lipinski definition) is 5. The summed E-state index contributed by atoms with van der Waals surface area (Å²) in [6.45, 7) is 7.29. The van der Waals surface area contributed by atoms with Crippen molar-refractivity contribution < 1.29 is 19.1 Å². The van der Waals surface area contributed by atoms with Crippen LogP contribution in [0.5, 0.6) is 0 Å². The molecule has 0 aliphatic carbocycles. The molecule has 0 aromatic carbocycles. The van der Waals surface area contributed by atoms with E-state index in [0.717, 1.165) is 4.90 Å². The Morgan fingerprint density at radius 3 is 2.65 bits per heavy atom. The third kappa shape index (κ3) is 2.87. The second-order valence-electron chi connectivity index (χ2n) is 5.51. The lowest BCUT2D eigenvalue weighted by Crippen LogP contribution is -2.46. The molecule has 2 heterocycles. The summed E-state index contributed by atoms with van der Waals surface area (Å²) in [6, 6.07) is 0.0779. The molecular weight excluding hydrogens is 280 g/mol. The van der Waals surface area contributed by atoms with Crippen LogP contribution in [0.3, 0.4) is 0 Å². The van der Waals surface area contributed by atoms with Gasteiger partial charge < -0.3 is 14.4 Å². The molecule has 20 heavy (non-hydrogen) atoms. The summed E-state index contributed by atoms with van der Waals surface area (Å²) in [7, 11) is 0. The molecule has 2 amide bonds. The summed E-state index contributed by atoms with van der Waals surface area (Å²) in [4.78, 5) is 26.6. The van der Waals surface area contributed by atoms with E-state index < -0.39 is 6.09 Å². The maximum Gasteiger partial charge on any atom is 0.416 e. The number of amides is 2. The number of carbonyl (C=O) groups excluding carboxylic acids is 2. The molecule has 2 aliphatic heterocycles. The first-order valence-corrected chi connectivity index (χ1v) is 7.25. The van der Waals surface area contributed by atoms with Gasteiger partial charge in [-0.15, -0.1) is 0 Å². The number of rotatable bonds is 4. The van der Waals surface area contributed by atoms with Crippen LogP contribution in [0.25, 0.3) is 0 Å². The lowest BCUT2D eigenvalue weighted by molar-refractivity contribution is -0.128. The molecule has 0 aromatic heterocycles. The second-order valence-corrected chi connectivity index (χ2v) is 5.86. The molecular formula is C13H20N2O4S. The van der Waals surface area contributed by atoms with E-state index in [2.05, 4.69) is 13.8 Å². The van der Waals surface area contributed by atoms with Gasteiger partial charge in [-0.1, -0.05) is 13.8 Å². The highest BCUT2D eigenvalue weighted by Gasteiger charge is 2.38. The third-order valence-electron chi connectivity index (χ3n) is 3.72. The molecule has 2 atom stereocenters. The monoisotopic (exact) mass is 300 g/mol. The molecule has 112 valence electrons. The zero-order valence-corrected chi connectivity index (χ0v) is 12.8. The van der Waals surface area contributed by atoms with Gasteiger partial charge in [0, 0.05) is 12.5 Å². The number of thiocarbonyl (C=S) groups is 1. The van der Waals surface area contributed by atoms with Gasteiger partial charge in [0.2, 0.25) is 5.91 Å². The highest BCUT2D eigenvalue weighted by molar-refractivity contribution is 7.80. The number of hydrogen-bond donors (Lipinski definition) is 0. The Morgan fingerprint density at radius 1 is 1.40 bits per heavy atom. The van der Waals surface area contributed by atoms with Gasteiger partial charge in [0.05, 0.1) is 12.6 Å². The van der Waals surface area contributed by atoms with Gasteiger partial charge in [-0.2, -0.15) is 0 Å². The van der Waals surface area contributed by atoms with Crippen LogP contribution in [0.2, 0.25) is 0 Å². The zero-order chi connectivity index (χ0) is 14.9. The fraction of sp³-hybridized carbons (Fsp3) is 0.769. The first-order chi connectivity index (χ1) is 9.41. The maximum absolute atomic E-state index is 12.1. The minimum absolute atomic E-state index is 0.0988. The average Bonchev–Trinajstić information content (AvgIpc) is 2.95. The number of ether oxygens (including phenoxy) is 2. The highest BCUT2D eigenvalue weighted by Crippen LogP contribution is 2.24. The van der Waals surface area contributed by atoms with E-state index in [0.29, 0.717) is 24.2 Å². The molecule has 2 aliphatic rings. The largest absolute Gasteiger partial charge is 0.469 e. The van der Waals surface area contributed by atoms with Gasteiger partial charge in [0.1, 0.15) is 13.2 Å². The van der Waals surface area contributed by atoms with Crippen LogP contribution < -0.4 is 0 Å². The molecule has 0 aromatic rings. The molecule has 0 radical (unpaired) electrons. The molecule has 0 saturated carbocycles. The van der Waals surface area contributed by atoms with Gasteiger partial charge in [0.25, 0.3) is 5.17 Å². The van der Waals surface area contributed by atoms with Gasteiger partial charge in [-0.05, 0) is 25.1 Å². The smallest absolute Gasteiger partial charge is 0.416 e. The molecule has 2 fully saturated rings. The number of nitrogens with zero attached hydrogens (tertiary/aromatic N) is 2. The fourth-order valence-electron chi connectivity index (χ4n) is 2.55. The van der Waals surface area contributed by atoms with E-state index in [1.165, 1.54) is 0 Å². The Morgan fingerprint density at radius 2 is 2.10 bits per heavy atom. The molecule has 1 unspecified atom stereocenters. The van der Waals surface area contributed by atoms with Crippen LogP contribution in [-0.4, -0.2) is 58.8 Å². The molecule has 0 spiro atoms. The molecule has 0 bridgehead atoms. The van der Waals surface area contributed by atoms with E-state index in [1.54, 1.807) is 0 Å². The first kappa shape index (κ1) is 15.0. The molecule has 7 heteroatoms. The number of carbonyl (C=O) groups is 2. The van der Waals surface area contributed by atoms with Crippen LogP contribution in [0.1, 0.15) is 27.2 Å². The Bertz CT molecular complexity index is 427. The maximum atomic E-state index is 12.1. The molecule has 2 saturated heterocycles. The highest BCUT2D eigenvalue weighted by atomic mass is 32.1. The van der Waals surface area contributed by atoms with Gasteiger partial charge in [-0.3, -0.25) is 4.79 Å². The van der Waals surface area contributed by atoms with Crippen LogP contribution in [0.15, 0.2) is 0 Å². The molecule has 6 nitrogen and oxygen atoms in total. The van der Waals surface area contributed by atoms with Crippen molar-refractivity contribution in [1.82, 2.24) is 9.80 Å². The van der Waals surface area contributed by atoms with E-state index in [1.807, 2.05) is 11.8 Å². The van der Waals surface area contributed by atoms with E-state index in [4.69, 9.17) is 21.7 Å². The van der Waals surface area contributed by atoms with Crippen molar-refractivity contribution in [3.8, 4) is 0 Å². The summed E-state index contributed by atoms with van der Waals surface area (Å²) in [5.41, 5.74) is 0. The predicted molar refractivity (Wildman–Crippen MR) is 76.2 cm³/mol. The lowest BCUT2D eigenvalue weighted by Gasteiger charge is -2.31. The van der Waals surface area contributed by atoms with Gasteiger partial charge in [-0.25, -0.2) is 9.69 Å². The summed E-state index contributed by atoms with van der Waals surface area (Å²) in [5.74, 6) is 0.155. The van der Waals surface area contributed by atoms with Crippen LogP contribution >= 0.6 is 12.2 Å². The van der Waals surface area contributed by atoms with Crippen molar-refractivity contribution in [3.63, 3.8) is 0 Å². The van der Waals surface area contributed by atoms with Crippen molar-refractivity contribution in [3.05, 3.63) is 0 Å². The number of imide groups is 1. The van der Waals surface area contributed by atoms with Crippen molar-refractivity contribution in [1.29, 1.82) is 0 Å². The Kier molecular flexibility index (Phi) is 4.47. The Balaban J connectivity index is 1.99. The van der Waals surface area contributed by atoms with E-state index in [9.17, 15) is 9.59 Å². The first-order valence-electron chi connectivity index (χ1n) is 6.84. The fourth-order valence-corrected chi connectivity index (χ4v) is 2.93. The normalized spacial score (nSPS) is 24.1. The second kappa shape index (κ2) is 5.95. The third-order valence-corrected chi connectivity index (χ3v) is 4.05.